The molecule has 5 heteroatoms. The number of amides is 1. The fourth-order valence-electron chi connectivity index (χ4n) is 3.49. The summed E-state index contributed by atoms with van der Waals surface area (Å²) >= 11 is 0. The van der Waals surface area contributed by atoms with Gasteiger partial charge in [-0.25, -0.2) is 0 Å². The van der Waals surface area contributed by atoms with Gasteiger partial charge in [0.15, 0.2) is 0 Å². The summed E-state index contributed by atoms with van der Waals surface area (Å²) in [4.78, 5) is 12.6. The number of ether oxygens (including phenoxy) is 1. The zero-order valence-corrected chi connectivity index (χ0v) is 14.3. The van der Waals surface area contributed by atoms with Gasteiger partial charge in [-0.15, -0.1) is 12.4 Å². The minimum Gasteiger partial charge on any atom is -0.385 e. The van der Waals surface area contributed by atoms with Gasteiger partial charge in [0, 0.05) is 36.4 Å². The largest absolute Gasteiger partial charge is 0.385 e. The van der Waals surface area contributed by atoms with Crippen molar-refractivity contribution in [3.63, 3.8) is 0 Å². The Bertz CT molecular complexity index is 560. The highest BCUT2D eigenvalue weighted by molar-refractivity contribution is 5.97. The number of carbonyl (C=O) groups is 1. The maximum atomic E-state index is 12.6. The zero-order chi connectivity index (χ0) is 15.0. The van der Waals surface area contributed by atoms with Crippen molar-refractivity contribution in [3.8, 4) is 0 Å². The van der Waals surface area contributed by atoms with Crippen molar-refractivity contribution in [3.05, 3.63) is 29.3 Å². The molecule has 2 N–H and O–H groups in total. The van der Waals surface area contributed by atoms with Gasteiger partial charge in [0.05, 0.1) is 6.10 Å². The lowest BCUT2D eigenvalue weighted by Crippen LogP contribution is -2.61. The van der Waals surface area contributed by atoms with Crippen molar-refractivity contribution in [1.29, 1.82) is 0 Å². The Morgan fingerprint density at radius 3 is 2.86 bits per heavy atom. The van der Waals surface area contributed by atoms with E-state index in [-0.39, 0.29) is 35.9 Å². The van der Waals surface area contributed by atoms with Crippen LogP contribution in [-0.2, 0) is 11.2 Å². The van der Waals surface area contributed by atoms with E-state index in [1.807, 2.05) is 12.1 Å². The number of benzene rings is 1. The van der Waals surface area contributed by atoms with Gasteiger partial charge in [-0.1, -0.05) is 19.9 Å². The molecule has 2 unspecified atom stereocenters. The van der Waals surface area contributed by atoms with Crippen LogP contribution in [0.1, 0.15) is 42.6 Å². The Balaban J connectivity index is 0.00000176. The predicted molar refractivity (Wildman–Crippen MR) is 90.9 cm³/mol. The second-order valence-corrected chi connectivity index (χ2v) is 6.67. The Hall–Kier alpha value is -1.26. The van der Waals surface area contributed by atoms with Gasteiger partial charge in [-0.3, -0.25) is 4.79 Å². The fraction of sp³-hybridized carbons (Fsp3) is 0.588. The molecule has 0 radical (unpaired) electrons. The number of hydrogen-bond donors (Lipinski definition) is 2. The predicted octanol–water partition coefficient (Wildman–Crippen LogP) is 3.01. The summed E-state index contributed by atoms with van der Waals surface area (Å²) in [5.41, 5.74) is 3.08. The number of anilines is 1. The molecule has 3 rings (SSSR count). The van der Waals surface area contributed by atoms with Gasteiger partial charge in [-0.05, 0) is 37.0 Å². The normalized spacial score (nSPS) is 25.0. The SMILES string of the molecule is COC1CC(NC(=O)c2cccc3c2CCCN3)C1(C)C.Cl. The van der Waals surface area contributed by atoms with E-state index >= 15 is 0 Å². The first kappa shape index (κ1) is 17.1. The van der Waals surface area contributed by atoms with E-state index in [0.29, 0.717) is 0 Å². The number of methoxy groups -OCH3 is 1. The number of rotatable bonds is 3. The molecule has 2 atom stereocenters. The number of hydrogen-bond acceptors (Lipinski definition) is 3. The molecular weight excluding hydrogens is 300 g/mol. The summed E-state index contributed by atoms with van der Waals surface area (Å²) in [6.07, 6.45) is 3.18. The minimum absolute atomic E-state index is 0. The van der Waals surface area contributed by atoms with E-state index < -0.39 is 0 Å². The van der Waals surface area contributed by atoms with Gasteiger partial charge in [0.25, 0.3) is 5.91 Å². The molecule has 1 fully saturated rings. The average molecular weight is 325 g/mol. The van der Waals surface area contributed by atoms with Crippen molar-refractivity contribution >= 4 is 24.0 Å². The number of nitrogens with one attached hydrogen (secondary N) is 2. The quantitative estimate of drug-likeness (QED) is 0.898. The highest BCUT2D eigenvalue weighted by atomic mass is 35.5. The molecule has 1 saturated carbocycles. The van der Waals surface area contributed by atoms with Crippen LogP contribution in [0.4, 0.5) is 5.69 Å². The smallest absolute Gasteiger partial charge is 0.251 e. The molecule has 22 heavy (non-hydrogen) atoms. The van der Waals surface area contributed by atoms with Crippen LogP contribution in [0.5, 0.6) is 0 Å². The Morgan fingerprint density at radius 2 is 2.18 bits per heavy atom. The molecule has 1 aliphatic heterocycles. The van der Waals surface area contributed by atoms with Crippen LogP contribution in [0.2, 0.25) is 0 Å². The molecule has 1 heterocycles. The molecule has 2 aliphatic rings. The summed E-state index contributed by atoms with van der Waals surface area (Å²) < 4.78 is 5.45. The number of fused-ring (bicyclic) bond motifs is 1. The first-order valence-electron chi connectivity index (χ1n) is 7.73. The van der Waals surface area contributed by atoms with Crippen LogP contribution in [0.3, 0.4) is 0 Å². The molecule has 4 nitrogen and oxygen atoms in total. The maximum Gasteiger partial charge on any atom is 0.251 e. The van der Waals surface area contributed by atoms with E-state index in [0.717, 1.165) is 42.6 Å². The van der Waals surface area contributed by atoms with E-state index in [1.165, 1.54) is 0 Å². The third-order valence-electron chi connectivity index (χ3n) is 5.11. The second kappa shape index (κ2) is 6.47. The molecule has 1 aromatic rings. The molecule has 1 aliphatic carbocycles. The summed E-state index contributed by atoms with van der Waals surface area (Å²) in [7, 11) is 1.74. The lowest BCUT2D eigenvalue weighted by molar-refractivity contribution is -0.0942. The number of halogens is 1. The number of carbonyl (C=O) groups excluding carboxylic acids is 1. The highest BCUT2D eigenvalue weighted by Gasteiger charge is 2.49. The second-order valence-electron chi connectivity index (χ2n) is 6.67. The molecule has 0 aromatic heterocycles. The third kappa shape index (κ3) is 2.82. The standard InChI is InChI=1S/C17H24N2O2.ClH/c1-17(2)14(10-15(17)21-3)19-16(20)12-6-4-8-13-11(12)7-5-9-18-13;/h4,6,8,14-15,18H,5,7,9-10H2,1-3H3,(H,19,20);1H. The lowest BCUT2D eigenvalue weighted by Gasteiger charge is -2.51. The molecule has 1 aromatic carbocycles. The van der Waals surface area contributed by atoms with E-state index in [2.05, 4.69) is 30.5 Å². The van der Waals surface area contributed by atoms with Crippen LogP contribution in [-0.4, -0.2) is 31.7 Å². The topological polar surface area (TPSA) is 50.4 Å². The van der Waals surface area contributed by atoms with E-state index in [1.54, 1.807) is 7.11 Å². The van der Waals surface area contributed by atoms with E-state index in [4.69, 9.17) is 4.74 Å². The van der Waals surface area contributed by atoms with Gasteiger partial charge in [-0.2, -0.15) is 0 Å². The Morgan fingerprint density at radius 1 is 1.41 bits per heavy atom. The molecule has 0 spiro atoms. The molecule has 0 bridgehead atoms. The average Bonchev–Trinajstić information content (AvgIpc) is 2.50. The van der Waals surface area contributed by atoms with Crippen LogP contribution in [0.15, 0.2) is 18.2 Å². The van der Waals surface area contributed by atoms with Gasteiger partial charge in [0.1, 0.15) is 0 Å². The van der Waals surface area contributed by atoms with Gasteiger partial charge in [0.2, 0.25) is 0 Å². The van der Waals surface area contributed by atoms with Crippen molar-refractivity contribution < 1.29 is 9.53 Å². The maximum absolute atomic E-state index is 12.6. The van der Waals surface area contributed by atoms with Crippen LogP contribution < -0.4 is 10.6 Å². The lowest BCUT2D eigenvalue weighted by atomic mass is 9.64. The summed E-state index contributed by atoms with van der Waals surface area (Å²) in [5, 5.41) is 6.56. The Kier molecular flexibility index (Phi) is 5.03. The van der Waals surface area contributed by atoms with E-state index in [9.17, 15) is 4.79 Å². The van der Waals surface area contributed by atoms with Crippen molar-refractivity contribution in [1.82, 2.24) is 5.32 Å². The fourth-order valence-corrected chi connectivity index (χ4v) is 3.49. The highest BCUT2D eigenvalue weighted by Crippen LogP contribution is 2.42. The summed E-state index contributed by atoms with van der Waals surface area (Å²) in [5.74, 6) is 0.0446. The van der Waals surface area contributed by atoms with Crippen LogP contribution >= 0.6 is 12.4 Å². The molecule has 0 saturated heterocycles. The molecule has 122 valence electrons. The first-order valence-corrected chi connectivity index (χ1v) is 7.73. The van der Waals surface area contributed by atoms with Gasteiger partial charge >= 0.3 is 0 Å². The monoisotopic (exact) mass is 324 g/mol. The summed E-state index contributed by atoms with van der Waals surface area (Å²) in [6.45, 7) is 5.29. The molecule has 1 amide bonds. The van der Waals surface area contributed by atoms with Crippen molar-refractivity contribution in [2.75, 3.05) is 19.0 Å². The first-order chi connectivity index (χ1) is 10.0. The Labute approximate surface area is 138 Å². The molecular formula is C17H25ClN2O2. The third-order valence-corrected chi connectivity index (χ3v) is 5.11. The van der Waals surface area contributed by atoms with Crippen molar-refractivity contribution in [2.24, 2.45) is 5.41 Å². The van der Waals surface area contributed by atoms with Crippen molar-refractivity contribution in [2.45, 2.75) is 45.3 Å². The van der Waals surface area contributed by atoms with Crippen LogP contribution in [0, 0.1) is 5.41 Å². The summed E-state index contributed by atoms with van der Waals surface area (Å²) in [6, 6.07) is 6.12. The van der Waals surface area contributed by atoms with Crippen LogP contribution in [0.25, 0.3) is 0 Å². The zero-order valence-electron chi connectivity index (χ0n) is 13.4. The van der Waals surface area contributed by atoms with Gasteiger partial charge < -0.3 is 15.4 Å². The minimum atomic E-state index is -0.00248.